The molecular weight excluding hydrogens is 176 g/mol. The molecule has 0 amide bonds. The molecule has 0 atom stereocenters. The third-order valence-electron chi connectivity index (χ3n) is 1.52. The SMILES string of the molecule is CC(=O)OC(C=O)(C(C)=O)C(C)=O. The van der Waals surface area contributed by atoms with Gasteiger partial charge in [-0.1, -0.05) is 0 Å². The molecule has 0 aromatic heterocycles. The molecule has 0 bridgehead atoms. The van der Waals surface area contributed by atoms with Crippen molar-refractivity contribution in [1.82, 2.24) is 0 Å². The average Bonchev–Trinajstić information content (AvgIpc) is 1.98. The normalized spacial score (nSPS) is 10.4. The van der Waals surface area contributed by atoms with E-state index in [1.807, 2.05) is 0 Å². The zero-order valence-corrected chi connectivity index (χ0v) is 7.62. The Bertz CT molecular complexity index is 252. The predicted octanol–water partition coefficient (Wildman–Crippen LogP) is -0.335. The Morgan fingerprint density at radius 1 is 1.08 bits per heavy atom. The first-order valence-electron chi connectivity index (χ1n) is 3.54. The lowest BCUT2D eigenvalue weighted by Gasteiger charge is -2.20. The molecular formula is C8H10O5. The minimum absolute atomic E-state index is 0.0407. The standard InChI is InChI=1S/C8H10O5/c1-5(10)8(4-9,6(2)11)13-7(3)12/h4H,1-3H3. The van der Waals surface area contributed by atoms with Crippen LogP contribution in [0.2, 0.25) is 0 Å². The molecule has 0 aromatic rings. The lowest BCUT2D eigenvalue weighted by atomic mass is 9.96. The quantitative estimate of drug-likeness (QED) is 0.341. The summed E-state index contributed by atoms with van der Waals surface area (Å²) in [7, 11) is 0. The van der Waals surface area contributed by atoms with Gasteiger partial charge in [-0.25, -0.2) is 0 Å². The summed E-state index contributed by atoms with van der Waals surface area (Å²) in [5.74, 6) is -2.45. The molecule has 0 N–H and O–H groups in total. The van der Waals surface area contributed by atoms with Crippen LogP contribution in [0.1, 0.15) is 20.8 Å². The topological polar surface area (TPSA) is 77.5 Å². The van der Waals surface area contributed by atoms with Gasteiger partial charge in [-0.3, -0.25) is 19.2 Å². The Hall–Kier alpha value is -1.52. The fraction of sp³-hybridized carbons (Fsp3) is 0.500. The molecule has 0 aliphatic carbocycles. The molecule has 0 fully saturated rings. The maximum atomic E-state index is 10.9. The van der Waals surface area contributed by atoms with Crippen LogP contribution in [0.15, 0.2) is 0 Å². The Morgan fingerprint density at radius 3 is 1.54 bits per heavy atom. The Labute approximate surface area is 75.1 Å². The number of ketones is 2. The van der Waals surface area contributed by atoms with Crippen LogP contribution in [0.4, 0.5) is 0 Å². The second-order valence-electron chi connectivity index (χ2n) is 2.56. The van der Waals surface area contributed by atoms with E-state index in [1.165, 1.54) is 0 Å². The van der Waals surface area contributed by atoms with Gasteiger partial charge < -0.3 is 4.74 Å². The molecule has 13 heavy (non-hydrogen) atoms. The van der Waals surface area contributed by atoms with E-state index in [-0.39, 0.29) is 6.29 Å². The van der Waals surface area contributed by atoms with Crippen molar-refractivity contribution >= 4 is 23.8 Å². The number of carbonyl (C=O) groups is 4. The third-order valence-corrected chi connectivity index (χ3v) is 1.52. The minimum atomic E-state index is -2.24. The zero-order chi connectivity index (χ0) is 10.6. The molecule has 0 aliphatic rings. The van der Waals surface area contributed by atoms with E-state index in [0.717, 1.165) is 20.8 Å². The molecule has 5 nitrogen and oxygen atoms in total. The highest BCUT2D eigenvalue weighted by Gasteiger charge is 2.44. The summed E-state index contributed by atoms with van der Waals surface area (Å²) in [6.45, 7) is 3.04. The first-order valence-corrected chi connectivity index (χ1v) is 3.54. The second-order valence-corrected chi connectivity index (χ2v) is 2.56. The number of ether oxygens (including phenoxy) is 1. The maximum absolute atomic E-state index is 10.9. The van der Waals surface area contributed by atoms with E-state index in [4.69, 9.17) is 0 Å². The van der Waals surface area contributed by atoms with Gasteiger partial charge in [-0.15, -0.1) is 0 Å². The van der Waals surface area contributed by atoms with Gasteiger partial charge in [0, 0.05) is 6.92 Å². The van der Waals surface area contributed by atoms with Crippen LogP contribution in [0.3, 0.4) is 0 Å². The lowest BCUT2D eigenvalue weighted by Crippen LogP contribution is -2.49. The van der Waals surface area contributed by atoms with Gasteiger partial charge in [-0.2, -0.15) is 0 Å². The van der Waals surface area contributed by atoms with Gasteiger partial charge >= 0.3 is 5.97 Å². The van der Waals surface area contributed by atoms with E-state index >= 15 is 0 Å². The fourth-order valence-electron chi connectivity index (χ4n) is 0.808. The van der Waals surface area contributed by atoms with Crippen molar-refractivity contribution in [3.63, 3.8) is 0 Å². The first-order chi connectivity index (χ1) is 5.86. The van der Waals surface area contributed by atoms with Gasteiger partial charge in [0.25, 0.3) is 5.60 Å². The van der Waals surface area contributed by atoms with Crippen LogP contribution in [0, 0.1) is 0 Å². The summed E-state index contributed by atoms with van der Waals surface area (Å²) in [4.78, 5) is 43.0. The molecule has 0 unspecified atom stereocenters. The number of hydrogen-bond donors (Lipinski definition) is 0. The fourth-order valence-corrected chi connectivity index (χ4v) is 0.808. The minimum Gasteiger partial charge on any atom is -0.435 e. The third kappa shape index (κ3) is 2.21. The molecule has 0 aromatic carbocycles. The number of hydrogen-bond acceptors (Lipinski definition) is 5. The number of carbonyl (C=O) groups excluding carboxylic acids is 4. The predicted molar refractivity (Wildman–Crippen MR) is 41.9 cm³/mol. The van der Waals surface area contributed by atoms with Crippen LogP contribution in [-0.2, 0) is 23.9 Å². The molecule has 0 rings (SSSR count). The summed E-state index contributed by atoms with van der Waals surface area (Å²) in [5.41, 5.74) is -2.24. The Balaban J connectivity index is 5.10. The highest BCUT2D eigenvalue weighted by atomic mass is 16.6. The van der Waals surface area contributed by atoms with Crippen LogP contribution >= 0.6 is 0 Å². The maximum Gasteiger partial charge on any atom is 0.304 e. The molecule has 5 heteroatoms. The van der Waals surface area contributed by atoms with Crippen molar-refractivity contribution in [2.45, 2.75) is 26.4 Å². The molecule has 0 saturated carbocycles. The first kappa shape index (κ1) is 11.5. The molecule has 0 heterocycles. The van der Waals surface area contributed by atoms with Crippen LogP contribution in [0.5, 0.6) is 0 Å². The van der Waals surface area contributed by atoms with Gasteiger partial charge in [0.15, 0.2) is 17.9 Å². The van der Waals surface area contributed by atoms with Gasteiger partial charge in [0.2, 0.25) is 0 Å². The Morgan fingerprint density at radius 2 is 1.46 bits per heavy atom. The van der Waals surface area contributed by atoms with Gasteiger partial charge in [-0.05, 0) is 13.8 Å². The van der Waals surface area contributed by atoms with E-state index < -0.39 is 23.1 Å². The van der Waals surface area contributed by atoms with Crippen LogP contribution in [0.25, 0.3) is 0 Å². The molecule has 0 radical (unpaired) electrons. The highest BCUT2D eigenvalue weighted by Crippen LogP contribution is 2.11. The Kier molecular flexibility index (Phi) is 3.47. The van der Waals surface area contributed by atoms with Crippen molar-refractivity contribution in [3.05, 3.63) is 0 Å². The van der Waals surface area contributed by atoms with Crippen molar-refractivity contribution in [2.24, 2.45) is 0 Å². The molecule has 0 saturated heterocycles. The van der Waals surface area contributed by atoms with E-state index in [2.05, 4.69) is 4.74 Å². The van der Waals surface area contributed by atoms with Crippen LogP contribution in [-0.4, -0.2) is 29.4 Å². The number of esters is 1. The summed E-state index contributed by atoms with van der Waals surface area (Å²) in [6, 6.07) is 0. The van der Waals surface area contributed by atoms with Crippen LogP contribution < -0.4 is 0 Å². The number of aldehydes is 1. The summed E-state index contributed by atoms with van der Waals surface area (Å²) >= 11 is 0. The molecule has 0 aliphatic heterocycles. The van der Waals surface area contributed by atoms with Gasteiger partial charge in [0.05, 0.1) is 0 Å². The van der Waals surface area contributed by atoms with E-state index in [9.17, 15) is 19.2 Å². The number of rotatable bonds is 4. The summed E-state index contributed by atoms with van der Waals surface area (Å²) in [5, 5.41) is 0. The van der Waals surface area contributed by atoms with Crippen molar-refractivity contribution < 1.29 is 23.9 Å². The van der Waals surface area contributed by atoms with E-state index in [0.29, 0.717) is 0 Å². The average molecular weight is 186 g/mol. The largest absolute Gasteiger partial charge is 0.435 e. The smallest absolute Gasteiger partial charge is 0.304 e. The highest BCUT2D eigenvalue weighted by molar-refractivity contribution is 6.22. The molecule has 72 valence electrons. The number of Topliss-reactive ketones (excluding diaryl/α,β-unsaturated/α-hetero) is 2. The van der Waals surface area contributed by atoms with E-state index in [1.54, 1.807) is 0 Å². The monoisotopic (exact) mass is 186 g/mol. The van der Waals surface area contributed by atoms with Gasteiger partial charge in [0.1, 0.15) is 0 Å². The van der Waals surface area contributed by atoms with Crippen molar-refractivity contribution in [1.29, 1.82) is 0 Å². The second kappa shape index (κ2) is 3.93. The molecule has 0 spiro atoms. The summed E-state index contributed by atoms with van der Waals surface area (Å²) < 4.78 is 4.40. The van der Waals surface area contributed by atoms with Crippen molar-refractivity contribution in [3.8, 4) is 0 Å². The lowest BCUT2D eigenvalue weighted by molar-refractivity contribution is -0.171. The van der Waals surface area contributed by atoms with Crippen molar-refractivity contribution in [2.75, 3.05) is 0 Å². The zero-order valence-electron chi connectivity index (χ0n) is 7.62. The summed E-state index contributed by atoms with van der Waals surface area (Å²) in [6.07, 6.45) is 0.0407.